The van der Waals surface area contributed by atoms with Gasteiger partial charge in [-0.1, -0.05) is 12.8 Å². The lowest BCUT2D eigenvalue weighted by Gasteiger charge is -2.27. The molecule has 2 rings (SSSR count). The molecule has 0 bridgehead atoms. The van der Waals surface area contributed by atoms with Crippen LogP contribution in [0.15, 0.2) is 12.4 Å². The van der Waals surface area contributed by atoms with Crippen LogP contribution in [0.1, 0.15) is 31.5 Å². The van der Waals surface area contributed by atoms with Crippen LogP contribution in [0.3, 0.4) is 0 Å². The SMILES string of the molecule is O=C(O)C1CCCCCN1C(=O)NCCc1ncc[nH]1. The van der Waals surface area contributed by atoms with Gasteiger partial charge in [0.2, 0.25) is 0 Å². The van der Waals surface area contributed by atoms with Crippen molar-refractivity contribution in [3.8, 4) is 0 Å². The van der Waals surface area contributed by atoms with E-state index in [1.807, 2.05) is 0 Å². The number of carbonyl (C=O) groups excluding carboxylic acids is 1. The zero-order chi connectivity index (χ0) is 14.4. The molecule has 1 unspecified atom stereocenters. The monoisotopic (exact) mass is 280 g/mol. The van der Waals surface area contributed by atoms with Gasteiger partial charge in [0, 0.05) is 31.9 Å². The molecule has 1 atom stereocenters. The van der Waals surface area contributed by atoms with Crippen LogP contribution in [0.25, 0.3) is 0 Å². The van der Waals surface area contributed by atoms with Crippen LogP contribution in [-0.4, -0.2) is 51.1 Å². The number of aromatic nitrogens is 2. The first-order valence-corrected chi connectivity index (χ1v) is 6.94. The van der Waals surface area contributed by atoms with Gasteiger partial charge in [0.15, 0.2) is 0 Å². The molecule has 7 nitrogen and oxygen atoms in total. The molecule has 0 radical (unpaired) electrons. The summed E-state index contributed by atoms with van der Waals surface area (Å²) in [6.07, 6.45) is 7.20. The molecule has 7 heteroatoms. The molecule has 2 amide bonds. The molecular formula is C13H20N4O3. The van der Waals surface area contributed by atoms with Crippen molar-refractivity contribution < 1.29 is 14.7 Å². The van der Waals surface area contributed by atoms with Crippen LogP contribution >= 0.6 is 0 Å². The number of aromatic amines is 1. The molecule has 0 spiro atoms. The zero-order valence-corrected chi connectivity index (χ0v) is 11.3. The highest BCUT2D eigenvalue weighted by Gasteiger charge is 2.30. The minimum absolute atomic E-state index is 0.300. The third kappa shape index (κ3) is 3.72. The molecule has 1 aliphatic heterocycles. The number of rotatable bonds is 4. The second-order valence-corrected chi connectivity index (χ2v) is 4.91. The molecule has 1 fully saturated rings. The minimum Gasteiger partial charge on any atom is -0.480 e. The fraction of sp³-hybridized carbons (Fsp3) is 0.615. The number of nitrogens with zero attached hydrogens (tertiary/aromatic N) is 2. The van der Waals surface area contributed by atoms with Crippen LogP contribution < -0.4 is 5.32 Å². The number of amides is 2. The van der Waals surface area contributed by atoms with Gasteiger partial charge < -0.3 is 20.3 Å². The van der Waals surface area contributed by atoms with E-state index >= 15 is 0 Å². The Morgan fingerprint density at radius 1 is 1.45 bits per heavy atom. The number of carbonyl (C=O) groups is 2. The van der Waals surface area contributed by atoms with E-state index in [9.17, 15) is 14.7 Å². The van der Waals surface area contributed by atoms with Crippen molar-refractivity contribution in [2.24, 2.45) is 0 Å². The highest BCUT2D eigenvalue weighted by molar-refractivity contribution is 5.82. The number of urea groups is 1. The largest absolute Gasteiger partial charge is 0.480 e. The summed E-state index contributed by atoms with van der Waals surface area (Å²) in [5.41, 5.74) is 0. The Labute approximate surface area is 117 Å². The normalized spacial score (nSPS) is 19.4. The van der Waals surface area contributed by atoms with Crippen LogP contribution in [0, 0.1) is 0 Å². The highest BCUT2D eigenvalue weighted by atomic mass is 16.4. The molecule has 20 heavy (non-hydrogen) atoms. The lowest BCUT2D eigenvalue weighted by atomic mass is 10.1. The van der Waals surface area contributed by atoms with Gasteiger partial charge in [0.1, 0.15) is 11.9 Å². The lowest BCUT2D eigenvalue weighted by molar-refractivity contribution is -0.142. The Hall–Kier alpha value is -2.05. The summed E-state index contributed by atoms with van der Waals surface area (Å²) in [7, 11) is 0. The van der Waals surface area contributed by atoms with Gasteiger partial charge >= 0.3 is 12.0 Å². The maximum Gasteiger partial charge on any atom is 0.326 e. The van der Waals surface area contributed by atoms with Crippen LogP contribution in [0.2, 0.25) is 0 Å². The average Bonchev–Trinajstić information content (AvgIpc) is 2.80. The summed E-state index contributed by atoms with van der Waals surface area (Å²) < 4.78 is 0. The van der Waals surface area contributed by atoms with E-state index in [1.54, 1.807) is 12.4 Å². The van der Waals surface area contributed by atoms with Crippen molar-refractivity contribution >= 4 is 12.0 Å². The number of carboxylic acid groups (broad SMARTS) is 1. The summed E-state index contributed by atoms with van der Waals surface area (Å²) in [5.74, 6) is -0.121. The number of nitrogens with one attached hydrogen (secondary N) is 2. The second-order valence-electron chi connectivity index (χ2n) is 4.91. The van der Waals surface area contributed by atoms with Crippen molar-refractivity contribution in [1.82, 2.24) is 20.2 Å². The van der Waals surface area contributed by atoms with Gasteiger partial charge in [-0.05, 0) is 12.8 Å². The molecule has 1 aliphatic rings. The van der Waals surface area contributed by atoms with Crippen molar-refractivity contribution in [1.29, 1.82) is 0 Å². The van der Waals surface area contributed by atoms with E-state index in [0.717, 1.165) is 25.1 Å². The number of aliphatic carboxylic acids is 1. The van der Waals surface area contributed by atoms with Crippen molar-refractivity contribution in [3.63, 3.8) is 0 Å². The summed E-state index contributed by atoms with van der Waals surface area (Å²) in [4.78, 5) is 31.8. The molecule has 0 aliphatic carbocycles. The number of hydrogen-bond donors (Lipinski definition) is 3. The first-order valence-electron chi connectivity index (χ1n) is 6.94. The molecule has 110 valence electrons. The summed E-state index contributed by atoms with van der Waals surface area (Å²) >= 11 is 0. The molecule has 2 heterocycles. The van der Waals surface area contributed by atoms with Gasteiger partial charge in [-0.2, -0.15) is 0 Å². The fourth-order valence-electron chi connectivity index (χ4n) is 2.43. The highest BCUT2D eigenvalue weighted by Crippen LogP contribution is 2.17. The van der Waals surface area contributed by atoms with Crippen LogP contribution in [0.4, 0.5) is 4.79 Å². The van der Waals surface area contributed by atoms with E-state index in [0.29, 0.717) is 25.9 Å². The topological polar surface area (TPSA) is 98.3 Å². The number of H-pyrrole nitrogens is 1. The number of carboxylic acids is 1. The van der Waals surface area contributed by atoms with Crippen LogP contribution in [0.5, 0.6) is 0 Å². The van der Waals surface area contributed by atoms with Crippen molar-refractivity contribution in [2.45, 2.75) is 38.1 Å². The molecule has 3 N–H and O–H groups in total. The number of imidazole rings is 1. The fourth-order valence-corrected chi connectivity index (χ4v) is 2.43. The Bertz CT molecular complexity index is 446. The Balaban J connectivity index is 1.86. The van der Waals surface area contributed by atoms with Crippen molar-refractivity contribution in [3.05, 3.63) is 18.2 Å². The maximum absolute atomic E-state index is 12.1. The van der Waals surface area contributed by atoms with Crippen molar-refractivity contribution in [2.75, 3.05) is 13.1 Å². The van der Waals surface area contributed by atoms with Crippen LogP contribution in [-0.2, 0) is 11.2 Å². The van der Waals surface area contributed by atoms with E-state index in [2.05, 4.69) is 15.3 Å². The van der Waals surface area contributed by atoms with Gasteiger partial charge in [0.05, 0.1) is 0 Å². The molecule has 0 aromatic carbocycles. The van der Waals surface area contributed by atoms with Gasteiger partial charge in [0.25, 0.3) is 0 Å². The third-order valence-corrected chi connectivity index (χ3v) is 3.49. The number of hydrogen-bond acceptors (Lipinski definition) is 3. The Morgan fingerprint density at radius 3 is 3.00 bits per heavy atom. The number of likely N-dealkylation sites (tertiary alicyclic amines) is 1. The molecular weight excluding hydrogens is 260 g/mol. The van der Waals surface area contributed by atoms with Gasteiger partial charge in [-0.15, -0.1) is 0 Å². The summed E-state index contributed by atoms with van der Waals surface area (Å²) in [5, 5.41) is 12.0. The first-order chi connectivity index (χ1) is 9.68. The molecule has 1 aromatic heterocycles. The smallest absolute Gasteiger partial charge is 0.326 e. The maximum atomic E-state index is 12.1. The van der Waals surface area contributed by atoms with E-state index in [-0.39, 0.29) is 6.03 Å². The predicted octanol–water partition coefficient (Wildman–Crippen LogP) is 0.991. The first kappa shape index (κ1) is 14.4. The quantitative estimate of drug-likeness (QED) is 0.766. The zero-order valence-electron chi connectivity index (χ0n) is 11.3. The van der Waals surface area contributed by atoms with E-state index in [4.69, 9.17) is 0 Å². The van der Waals surface area contributed by atoms with Gasteiger partial charge in [-0.25, -0.2) is 14.6 Å². The molecule has 1 aromatic rings. The second kappa shape index (κ2) is 6.93. The third-order valence-electron chi connectivity index (χ3n) is 3.49. The molecule has 0 saturated carbocycles. The minimum atomic E-state index is -0.923. The van der Waals surface area contributed by atoms with E-state index < -0.39 is 12.0 Å². The Morgan fingerprint density at radius 2 is 2.30 bits per heavy atom. The standard InChI is InChI=1S/C13H20N4O3/c18-12(19)10-4-2-1-3-9-17(10)13(20)16-6-5-11-14-7-8-15-11/h7-8,10H,1-6,9H2,(H,14,15)(H,16,20)(H,18,19). The summed E-state index contributed by atoms with van der Waals surface area (Å²) in [6.45, 7) is 0.943. The average molecular weight is 280 g/mol. The lowest BCUT2D eigenvalue weighted by Crippen LogP contribution is -2.49. The van der Waals surface area contributed by atoms with E-state index in [1.165, 1.54) is 4.90 Å². The summed E-state index contributed by atoms with van der Waals surface area (Å²) in [6, 6.07) is -1.01. The molecule has 1 saturated heterocycles. The Kier molecular flexibility index (Phi) is 4.97. The predicted molar refractivity (Wildman–Crippen MR) is 72.3 cm³/mol. The van der Waals surface area contributed by atoms with Gasteiger partial charge in [-0.3, -0.25) is 0 Å².